The van der Waals surface area contributed by atoms with Crippen molar-refractivity contribution in [3.63, 3.8) is 0 Å². The molecule has 0 aliphatic heterocycles. The SMILES string of the molecule is CCCCC(CC)C(N)Cc1nccn1CC. The van der Waals surface area contributed by atoms with E-state index >= 15 is 0 Å². The molecule has 0 saturated carbocycles. The lowest BCUT2D eigenvalue weighted by Crippen LogP contribution is -2.33. The van der Waals surface area contributed by atoms with E-state index in [4.69, 9.17) is 5.73 Å². The van der Waals surface area contributed by atoms with Gasteiger partial charge in [0, 0.05) is 31.4 Å². The van der Waals surface area contributed by atoms with Crippen LogP contribution >= 0.6 is 0 Å². The molecule has 3 heteroatoms. The van der Waals surface area contributed by atoms with Crippen molar-refractivity contribution in [3.8, 4) is 0 Å². The van der Waals surface area contributed by atoms with Gasteiger partial charge in [-0.15, -0.1) is 0 Å². The van der Waals surface area contributed by atoms with Crippen LogP contribution in [0.2, 0.25) is 0 Å². The molecular weight excluding hydrogens is 210 g/mol. The molecule has 0 amide bonds. The first-order chi connectivity index (χ1) is 8.22. The van der Waals surface area contributed by atoms with Crippen molar-refractivity contribution in [2.45, 2.75) is 65.5 Å². The number of nitrogens with zero attached hydrogens (tertiary/aromatic N) is 2. The van der Waals surface area contributed by atoms with Crippen LogP contribution in [0.3, 0.4) is 0 Å². The fraction of sp³-hybridized carbons (Fsp3) is 0.786. The highest BCUT2D eigenvalue weighted by atomic mass is 15.1. The first-order valence-corrected chi connectivity index (χ1v) is 6.98. The molecule has 0 aliphatic carbocycles. The van der Waals surface area contributed by atoms with Crippen molar-refractivity contribution in [1.82, 2.24) is 9.55 Å². The van der Waals surface area contributed by atoms with Gasteiger partial charge in [-0.25, -0.2) is 4.98 Å². The Morgan fingerprint density at radius 2 is 2.12 bits per heavy atom. The van der Waals surface area contributed by atoms with Gasteiger partial charge in [-0.05, 0) is 19.3 Å². The summed E-state index contributed by atoms with van der Waals surface area (Å²) in [5.41, 5.74) is 6.33. The van der Waals surface area contributed by atoms with E-state index < -0.39 is 0 Å². The van der Waals surface area contributed by atoms with E-state index in [0.29, 0.717) is 5.92 Å². The second kappa shape index (κ2) is 7.49. The van der Waals surface area contributed by atoms with Gasteiger partial charge >= 0.3 is 0 Å². The van der Waals surface area contributed by atoms with Gasteiger partial charge in [0.2, 0.25) is 0 Å². The van der Waals surface area contributed by atoms with Crippen molar-refractivity contribution in [3.05, 3.63) is 18.2 Å². The number of nitrogens with two attached hydrogens (primary N) is 1. The third-order valence-corrected chi connectivity index (χ3v) is 3.62. The van der Waals surface area contributed by atoms with Gasteiger partial charge in [-0.2, -0.15) is 0 Å². The molecule has 1 aromatic heterocycles. The summed E-state index contributed by atoms with van der Waals surface area (Å²) in [6.45, 7) is 7.60. The molecule has 0 bridgehead atoms. The molecule has 0 saturated heterocycles. The molecule has 3 nitrogen and oxygen atoms in total. The maximum absolute atomic E-state index is 6.33. The van der Waals surface area contributed by atoms with Gasteiger partial charge in [0.05, 0.1) is 0 Å². The highest BCUT2D eigenvalue weighted by Gasteiger charge is 2.17. The van der Waals surface area contributed by atoms with Crippen molar-refractivity contribution in [2.75, 3.05) is 0 Å². The summed E-state index contributed by atoms with van der Waals surface area (Å²) in [4.78, 5) is 4.41. The quantitative estimate of drug-likeness (QED) is 0.755. The zero-order valence-electron chi connectivity index (χ0n) is 11.5. The second-order valence-corrected chi connectivity index (χ2v) is 4.81. The molecular formula is C14H27N3. The number of aromatic nitrogens is 2. The van der Waals surface area contributed by atoms with Crippen LogP contribution in [0.15, 0.2) is 12.4 Å². The minimum absolute atomic E-state index is 0.249. The summed E-state index contributed by atoms with van der Waals surface area (Å²) in [5, 5.41) is 0. The van der Waals surface area contributed by atoms with E-state index in [1.807, 2.05) is 12.4 Å². The molecule has 2 unspecified atom stereocenters. The number of unbranched alkanes of at least 4 members (excludes halogenated alkanes) is 1. The third-order valence-electron chi connectivity index (χ3n) is 3.62. The molecule has 0 radical (unpaired) electrons. The lowest BCUT2D eigenvalue weighted by Gasteiger charge is -2.22. The van der Waals surface area contributed by atoms with Crippen LogP contribution in [-0.4, -0.2) is 15.6 Å². The zero-order valence-corrected chi connectivity index (χ0v) is 11.5. The molecule has 2 N–H and O–H groups in total. The van der Waals surface area contributed by atoms with Crippen LogP contribution in [0, 0.1) is 5.92 Å². The van der Waals surface area contributed by atoms with Crippen LogP contribution in [-0.2, 0) is 13.0 Å². The van der Waals surface area contributed by atoms with Crippen molar-refractivity contribution in [2.24, 2.45) is 11.7 Å². The first-order valence-electron chi connectivity index (χ1n) is 6.98. The monoisotopic (exact) mass is 237 g/mol. The fourth-order valence-electron chi connectivity index (χ4n) is 2.38. The predicted molar refractivity (Wildman–Crippen MR) is 72.9 cm³/mol. The average Bonchev–Trinajstić information content (AvgIpc) is 2.77. The Kier molecular flexibility index (Phi) is 6.27. The molecule has 0 spiro atoms. The van der Waals surface area contributed by atoms with Gasteiger partial charge in [-0.1, -0.05) is 33.1 Å². The topological polar surface area (TPSA) is 43.8 Å². The highest BCUT2D eigenvalue weighted by molar-refractivity contribution is 4.96. The minimum atomic E-state index is 0.249. The van der Waals surface area contributed by atoms with E-state index in [9.17, 15) is 0 Å². The minimum Gasteiger partial charge on any atom is -0.335 e. The Balaban J connectivity index is 2.54. The van der Waals surface area contributed by atoms with Crippen molar-refractivity contribution >= 4 is 0 Å². The molecule has 0 aliphatic rings. The lowest BCUT2D eigenvalue weighted by atomic mass is 9.90. The predicted octanol–water partition coefficient (Wildman–Crippen LogP) is 2.99. The van der Waals surface area contributed by atoms with E-state index in [2.05, 4.69) is 30.3 Å². The Morgan fingerprint density at radius 1 is 1.35 bits per heavy atom. The van der Waals surface area contributed by atoms with E-state index in [0.717, 1.165) is 18.8 Å². The lowest BCUT2D eigenvalue weighted by molar-refractivity contribution is 0.362. The van der Waals surface area contributed by atoms with E-state index in [-0.39, 0.29) is 6.04 Å². The average molecular weight is 237 g/mol. The van der Waals surface area contributed by atoms with Crippen molar-refractivity contribution in [1.29, 1.82) is 0 Å². The number of rotatable bonds is 8. The Morgan fingerprint density at radius 3 is 2.71 bits per heavy atom. The van der Waals surface area contributed by atoms with Gasteiger partial charge in [0.1, 0.15) is 5.82 Å². The van der Waals surface area contributed by atoms with Crippen molar-refractivity contribution < 1.29 is 0 Å². The zero-order chi connectivity index (χ0) is 12.7. The number of aryl methyl sites for hydroxylation is 1. The van der Waals surface area contributed by atoms with Gasteiger partial charge in [0.15, 0.2) is 0 Å². The summed E-state index contributed by atoms with van der Waals surface area (Å²) in [6.07, 6.45) is 9.78. The maximum Gasteiger partial charge on any atom is 0.110 e. The summed E-state index contributed by atoms with van der Waals surface area (Å²) in [7, 11) is 0. The van der Waals surface area contributed by atoms with Crippen LogP contribution < -0.4 is 5.73 Å². The molecule has 17 heavy (non-hydrogen) atoms. The molecule has 0 fully saturated rings. The van der Waals surface area contributed by atoms with Gasteiger partial charge in [-0.3, -0.25) is 0 Å². The molecule has 1 rings (SSSR count). The van der Waals surface area contributed by atoms with E-state index in [1.54, 1.807) is 0 Å². The van der Waals surface area contributed by atoms with Gasteiger partial charge in [0.25, 0.3) is 0 Å². The molecule has 1 heterocycles. The Bertz CT molecular complexity index is 306. The van der Waals surface area contributed by atoms with Crippen LogP contribution in [0.25, 0.3) is 0 Å². The number of hydrogen-bond donors (Lipinski definition) is 1. The highest BCUT2D eigenvalue weighted by Crippen LogP contribution is 2.18. The molecule has 2 atom stereocenters. The number of imidazole rings is 1. The molecule has 0 aromatic carbocycles. The largest absolute Gasteiger partial charge is 0.335 e. The number of hydrogen-bond acceptors (Lipinski definition) is 2. The van der Waals surface area contributed by atoms with Crippen LogP contribution in [0.1, 0.15) is 52.3 Å². The third kappa shape index (κ3) is 4.15. The molecule has 98 valence electrons. The Labute approximate surface area is 105 Å². The van der Waals surface area contributed by atoms with E-state index in [1.165, 1.54) is 25.7 Å². The molecule has 1 aromatic rings. The summed E-state index contributed by atoms with van der Waals surface area (Å²) in [6, 6.07) is 0.249. The normalized spacial score (nSPS) is 14.8. The second-order valence-electron chi connectivity index (χ2n) is 4.81. The van der Waals surface area contributed by atoms with Crippen LogP contribution in [0.5, 0.6) is 0 Å². The van der Waals surface area contributed by atoms with Gasteiger partial charge < -0.3 is 10.3 Å². The maximum atomic E-state index is 6.33. The summed E-state index contributed by atoms with van der Waals surface area (Å²) < 4.78 is 2.19. The summed E-state index contributed by atoms with van der Waals surface area (Å²) in [5.74, 6) is 1.77. The van der Waals surface area contributed by atoms with Crippen LogP contribution in [0.4, 0.5) is 0 Å². The first kappa shape index (κ1) is 14.2. The summed E-state index contributed by atoms with van der Waals surface area (Å²) >= 11 is 0. The standard InChI is InChI=1S/C14H27N3/c1-4-7-8-12(5-2)13(15)11-14-16-9-10-17(14)6-3/h9-10,12-13H,4-8,11,15H2,1-3H3. The smallest absolute Gasteiger partial charge is 0.110 e. The Hall–Kier alpha value is -0.830. The fourth-order valence-corrected chi connectivity index (χ4v) is 2.38.